The first-order valence-corrected chi connectivity index (χ1v) is 9.24. The van der Waals surface area contributed by atoms with Gasteiger partial charge in [-0.2, -0.15) is 5.10 Å². The van der Waals surface area contributed by atoms with Gasteiger partial charge in [-0.3, -0.25) is 14.2 Å². The van der Waals surface area contributed by atoms with E-state index in [0.29, 0.717) is 17.0 Å². The van der Waals surface area contributed by atoms with Crippen LogP contribution in [0.25, 0.3) is 5.65 Å². The summed E-state index contributed by atoms with van der Waals surface area (Å²) in [5, 5.41) is 26.3. The predicted molar refractivity (Wildman–Crippen MR) is 108 cm³/mol. The number of carbonyl (C=O) groups excluding carboxylic acids is 1. The number of amides is 1. The highest BCUT2D eigenvalue weighted by Gasteiger charge is 2.36. The highest BCUT2D eigenvalue weighted by molar-refractivity contribution is 6.44. The van der Waals surface area contributed by atoms with Gasteiger partial charge in [-0.25, -0.2) is 4.79 Å². The molecule has 1 aliphatic heterocycles. The number of para-hydroxylation sites is 1. The number of carboxylic acids is 1. The zero-order valence-corrected chi connectivity index (χ0v) is 16.0. The Hall–Kier alpha value is -3.75. The van der Waals surface area contributed by atoms with Crippen molar-refractivity contribution in [1.29, 1.82) is 0 Å². The van der Waals surface area contributed by atoms with Crippen molar-refractivity contribution >= 4 is 34.6 Å². The van der Waals surface area contributed by atoms with E-state index in [2.05, 4.69) is 20.6 Å². The number of fused-ring (bicyclic) bond motifs is 1. The summed E-state index contributed by atoms with van der Waals surface area (Å²) in [4.78, 5) is 24.4. The minimum Gasteiger partial charge on any atom is -0.480 e. The minimum absolute atomic E-state index is 0.0161. The maximum absolute atomic E-state index is 12.8. The quantitative estimate of drug-likeness (QED) is 0.690. The van der Waals surface area contributed by atoms with Crippen molar-refractivity contribution in [2.75, 3.05) is 10.3 Å². The summed E-state index contributed by atoms with van der Waals surface area (Å²) in [5.41, 5.74) is 2.02. The van der Waals surface area contributed by atoms with E-state index in [0.717, 1.165) is 5.82 Å². The van der Waals surface area contributed by atoms with Gasteiger partial charge in [0.25, 0.3) is 5.91 Å². The summed E-state index contributed by atoms with van der Waals surface area (Å²) in [6.45, 7) is 4.03. The average Bonchev–Trinajstić information content (AvgIpc) is 3.33. The van der Waals surface area contributed by atoms with Crippen molar-refractivity contribution in [3.8, 4) is 0 Å². The Morgan fingerprint density at radius 2 is 1.90 bits per heavy atom. The van der Waals surface area contributed by atoms with Crippen molar-refractivity contribution in [3.05, 3.63) is 54.5 Å². The van der Waals surface area contributed by atoms with Crippen LogP contribution in [0.4, 0.5) is 11.4 Å². The lowest BCUT2D eigenvalue weighted by Gasteiger charge is -2.19. The van der Waals surface area contributed by atoms with Gasteiger partial charge in [-0.05, 0) is 24.3 Å². The predicted octanol–water partition coefficient (Wildman–Crippen LogP) is 2.51. The maximum atomic E-state index is 12.8. The topological polar surface area (TPSA) is 112 Å². The smallest absolute Gasteiger partial charge is 0.328 e. The summed E-state index contributed by atoms with van der Waals surface area (Å²) in [5.74, 6) is -0.512. The van der Waals surface area contributed by atoms with Gasteiger partial charge in [0.1, 0.15) is 11.5 Å². The second-order valence-corrected chi connectivity index (χ2v) is 7.10. The Balaban J connectivity index is 1.59. The summed E-state index contributed by atoms with van der Waals surface area (Å²) in [6, 6.07) is 11.5. The highest BCUT2D eigenvalue weighted by Crippen LogP contribution is 2.25. The van der Waals surface area contributed by atoms with E-state index in [1.807, 2.05) is 24.3 Å². The van der Waals surface area contributed by atoms with E-state index in [1.165, 1.54) is 5.01 Å². The van der Waals surface area contributed by atoms with Gasteiger partial charge in [0.2, 0.25) is 0 Å². The van der Waals surface area contributed by atoms with Crippen molar-refractivity contribution < 1.29 is 14.7 Å². The van der Waals surface area contributed by atoms with Crippen LogP contribution in [-0.2, 0) is 9.59 Å². The third-order valence-corrected chi connectivity index (χ3v) is 4.68. The number of hydrogen-bond acceptors (Lipinski definition) is 6. The molecule has 0 aliphatic carbocycles. The third-order valence-electron chi connectivity index (χ3n) is 4.68. The molecule has 4 rings (SSSR count). The van der Waals surface area contributed by atoms with Gasteiger partial charge in [0.15, 0.2) is 11.7 Å². The molecule has 0 fully saturated rings. The zero-order valence-electron chi connectivity index (χ0n) is 16.0. The number of aliphatic carboxylic acids is 1. The molecule has 9 heteroatoms. The summed E-state index contributed by atoms with van der Waals surface area (Å²) < 4.78 is 1.83. The van der Waals surface area contributed by atoms with Gasteiger partial charge in [-0.1, -0.05) is 32.0 Å². The molecule has 0 bridgehead atoms. The number of hydrogen-bond donors (Lipinski definition) is 2. The van der Waals surface area contributed by atoms with E-state index in [1.54, 1.807) is 42.6 Å². The number of pyridine rings is 1. The largest absolute Gasteiger partial charge is 0.480 e. The summed E-state index contributed by atoms with van der Waals surface area (Å²) >= 11 is 0. The van der Waals surface area contributed by atoms with Crippen LogP contribution in [0.15, 0.2) is 53.8 Å². The molecule has 0 radical (unpaired) electrons. The van der Waals surface area contributed by atoms with E-state index < -0.39 is 17.9 Å². The molecular weight excluding hydrogens is 372 g/mol. The number of nitrogens with one attached hydrogen (secondary N) is 1. The standard InChI is InChI=1S/C20H20N6O3/c1-12(2)18-23-22-17-9-8-13(11-25(17)18)21-19(27)15-10-16(20(28)29)26(24-15)14-6-4-3-5-7-14/h3-9,11-12,16H,10H2,1-2H3,(H,21,27)(H,28,29). The number of nitrogens with zero attached hydrogens (tertiary/aromatic N) is 5. The van der Waals surface area contributed by atoms with Crippen molar-refractivity contribution in [1.82, 2.24) is 14.6 Å². The molecule has 9 nitrogen and oxygen atoms in total. The molecule has 0 saturated carbocycles. The minimum atomic E-state index is -1.03. The second kappa shape index (κ2) is 7.34. The van der Waals surface area contributed by atoms with Crippen LogP contribution in [0.5, 0.6) is 0 Å². The van der Waals surface area contributed by atoms with Gasteiger partial charge >= 0.3 is 5.97 Å². The Bertz CT molecular complexity index is 1110. The first-order valence-electron chi connectivity index (χ1n) is 9.24. The van der Waals surface area contributed by atoms with Gasteiger partial charge in [-0.15, -0.1) is 10.2 Å². The molecule has 0 saturated heterocycles. The first-order chi connectivity index (χ1) is 13.9. The number of aromatic nitrogens is 3. The van der Waals surface area contributed by atoms with E-state index >= 15 is 0 Å². The zero-order chi connectivity index (χ0) is 20.5. The normalized spacial score (nSPS) is 16.3. The fourth-order valence-corrected chi connectivity index (χ4v) is 3.24. The monoisotopic (exact) mass is 392 g/mol. The molecule has 1 atom stereocenters. The molecule has 2 aromatic heterocycles. The fourth-order valence-electron chi connectivity index (χ4n) is 3.24. The van der Waals surface area contributed by atoms with Crippen LogP contribution in [0.2, 0.25) is 0 Å². The molecule has 1 aromatic carbocycles. The number of rotatable bonds is 5. The van der Waals surface area contributed by atoms with E-state index in [9.17, 15) is 14.7 Å². The Labute approximate surface area is 166 Å². The van der Waals surface area contributed by atoms with Crippen LogP contribution >= 0.6 is 0 Å². The lowest BCUT2D eigenvalue weighted by molar-refractivity contribution is -0.138. The Kier molecular flexibility index (Phi) is 4.71. The van der Waals surface area contributed by atoms with Crippen LogP contribution in [-0.4, -0.2) is 43.3 Å². The fraction of sp³-hybridized carbons (Fsp3) is 0.250. The number of hydrazone groups is 1. The van der Waals surface area contributed by atoms with E-state index in [4.69, 9.17) is 0 Å². The molecule has 2 N–H and O–H groups in total. The molecule has 29 heavy (non-hydrogen) atoms. The third kappa shape index (κ3) is 3.54. The summed E-state index contributed by atoms with van der Waals surface area (Å²) in [6.07, 6.45) is 1.77. The van der Waals surface area contributed by atoms with Crippen LogP contribution in [0.1, 0.15) is 32.0 Å². The number of anilines is 2. The second-order valence-electron chi connectivity index (χ2n) is 7.10. The van der Waals surface area contributed by atoms with Crippen molar-refractivity contribution in [3.63, 3.8) is 0 Å². The molecule has 3 heterocycles. The van der Waals surface area contributed by atoms with Gasteiger partial charge in [0.05, 0.1) is 11.4 Å². The molecule has 1 aliphatic rings. The molecular formula is C20H20N6O3. The van der Waals surface area contributed by atoms with Crippen LogP contribution in [0.3, 0.4) is 0 Å². The summed E-state index contributed by atoms with van der Waals surface area (Å²) in [7, 11) is 0. The van der Waals surface area contributed by atoms with Crippen LogP contribution in [0, 0.1) is 0 Å². The number of carboxylic acid groups (broad SMARTS) is 1. The van der Waals surface area contributed by atoms with Gasteiger partial charge < -0.3 is 10.4 Å². The highest BCUT2D eigenvalue weighted by atomic mass is 16.4. The molecule has 1 unspecified atom stereocenters. The Morgan fingerprint density at radius 3 is 2.59 bits per heavy atom. The van der Waals surface area contributed by atoms with Crippen LogP contribution < -0.4 is 10.3 Å². The molecule has 0 spiro atoms. The Morgan fingerprint density at radius 1 is 1.14 bits per heavy atom. The molecule has 1 amide bonds. The first kappa shape index (κ1) is 18.6. The van der Waals surface area contributed by atoms with Crippen molar-refractivity contribution in [2.45, 2.75) is 32.2 Å². The SMILES string of the molecule is CC(C)c1nnc2ccc(NC(=O)C3=NN(c4ccccc4)C(C(=O)O)C3)cn12. The molecule has 3 aromatic rings. The van der Waals surface area contributed by atoms with Gasteiger partial charge in [0, 0.05) is 18.5 Å². The lowest BCUT2D eigenvalue weighted by Crippen LogP contribution is -2.34. The average molecular weight is 392 g/mol. The van der Waals surface area contributed by atoms with E-state index in [-0.39, 0.29) is 18.1 Å². The molecule has 148 valence electrons. The lowest BCUT2D eigenvalue weighted by atomic mass is 10.1. The van der Waals surface area contributed by atoms with Crippen molar-refractivity contribution in [2.24, 2.45) is 5.10 Å². The number of benzene rings is 1. The maximum Gasteiger partial charge on any atom is 0.328 e. The number of carbonyl (C=O) groups is 2.